The summed E-state index contributed by atoms with van der Waals surface area (Å²) in [6.07, 6.45) is 1.11. The fourth-order valence-corrected chi connectivity index (χ4v) is 4.37. The number of carbonyl (C=O) groups excluding carboxylic acids is 1. The van der Waals surface area contributed by atoms with Crippen molar-refractivity contribution in [2.75, 3.05) is 39.4 Å². The summed E-state index contributed by atoms with van der Waals surface area (Å²) in [4.78, 5) is 21.8. The Morgan fingerprint density at radius 2 is 2.13 bits per heavy atom. The van der Waals surface area contributed by atoms with E-state index in [0.717, 1.165) is 50.8 Å². The summed E-state index contributed by atoms with van der Waals surface area (Å²) in [5.41, 5.74) is 0.621. The predicted octanol–water partition coefficient (Wildman–Crippen LogP) is 2.45. The molecule has 2 aliphatic heterocycles. The molecule has 1 aromatic rings. The van der Waals surface area contributed by atoms with Crippen LogP contribution in [0.4, 0.5) is 0 Å². The van der Waals surface area contributed by atoms with Gasteiger partial charge >= 0.3 is 0 Å². The van der Waals surface area contributed by atoms with E-state index in [4.69, 9.17) is 4.74 Å². The monoisotopic (exact) mass is 337 g/mol. The Labute approximate surface area is 142 Å². The molecular formula is C17H27N3O2S. The minimum Gasteiger partial charge on any atom is -0.379 e. The number of carbonyl (C=O) groups is 1. The number of likely N-dealkylation sites (tertiary alicyclic amines) is 1. The van der Waals surface area contributed by atoms with Crippen LogP contribution in [0.1, 0.15) is 48.6 Å². The molecule has 0 radical (unpaired) electrons. The lowest BCUT2D eigenvalue weighted by atomic mass is 9.99. The molecule has 2 fully saturated rings. The fourth-order valence-electron chi connectivity index (χ4n) is 3.56. The molecule has 0 bridgehead atoms. The molecular weight excluding hydrogens is 310 g/mol. The van der Waals surface area contributed by atoms with Crippen molar-refractivity contribution in [1.29, 1.82) is 0 Å². The van der Waals surface area contributed by atoms with Gasteiger partial charge in [0, 0.05) is 43.5 Å². The normalized spacial score (nSPS) is 26.2. The highest BCUT2D eigenvalue weighted by molar-refractivity contribution is 7.09. The summed E-state index contributed by atoms with van der Waals surface area (Å²) in [5.74, 6) is 1.03. The second-order valence-corrected chi connectivity index (χ2v) is 7.71. The first-order valence-corrected chi connectivity index (χ1v) is 9.54. The molecule has 3 heterocycles. The van der Waals surface area contributed by atoms with Gasteiger partial charge < -0.3 is 9.64 Å². The highest BCUT2D eigenvalue weighted by Crippen LogP contribution is 2.28. The molecule has 1 amide bonds. The van der Waals surface area contributed by atoms with Crippen molar-refractivity contribution in [3.63, 3.8) is 0 Å². The van der Waals surface area contributed by atoms with Crippen LogP contribution in [0.5, 0.6) is 0 Å². The van der Waals surface area contributed by atoms with Crippen molar-refractivity contribution < 1.29 is 9.53 Å². The van der Waals surface area contributed by atoms with E-state index in [1.807, 2.05) is 10.3 Å². The van der Waals surface area contributed by atoms with Gasteiger partial charge in [-0.05, 0) is 5.92 Å². The molecule has 2 aliphatic rings. The summed E-state index contributed by atoms with van der Waals surface area (Å²) in [7, 11) is 0. The van der Waals surface area contributed by atoms with Crippen molar-refractivity contribution in [2.45, 2.75) is 39.2 Å². The first-order valence-electron chi connectivity index (χ1n) is 8.66. The molecule has 5 nitrogen and oxygen atoms in total. The Morgan fingerprint density at radius 3 is 2.74 bits per heavy atom. The van der Waals surface area contributed by atoms with E-state index in [1.54, 1.807) is 11.3 Å². The van der Waals surface area contributed by atoms with Gasteiger partial charge in [0.05, 0.1) is 18.2 Å². The van der Waals surface area contributed by atoms with Gasteiger partial charge in [0.1, 0.15) is 5.69 Å². The molecule has 0 saturated carbocycles. The summed E-state index contributed by atoms with van der Waals surface area (Å²) in [5, 5.41) is 2.96. The zero-order valence-electron chi connectivity index (χ0n) is 14.3. The topological polar surface area (TPSA) is 45.7 Å². The molecule has 0 aromatic carbocycles. The van der Waals surface area contributed by atoms with Crippen LogP contribution in [-0.2, 0) is 4.74 Å². The molecule has 2 saturated heterocycles. The average molecular weight is 337 g/mol. The molecule has 6 heteroatoms. The largest absolute Gasteiger partial charge is 0.379 e. The molecule has 128 valence electrons. The molecule has 1 aromatic heterocycles. The van der Waals surface area contributed by atoms with Crippen LogP contribution >= 0.6 is 11.3 Å². The maximum atomic E-state index is 12.8. The fraction of sp³-hybridized carbons (Fsp3) is 0.765. The Balaban J connectivity index is 1.69. The number of hydrogen-bond donors (Lipinski definition) is 0. The maximum absolute atomic E-state index is 12.8. The summed E-state index contributed by atoms with van der Waals surface area (Å²) in [6.45, 7) is 11.7. The lowest BCUT2D eigenvalue weighted by Crippen LogP contribution is -2.47. The summed E-state index contributed by atoms with van der Waals surface area (Å²) in [6, 6.07) is 0.469. The Bertz CT molecular complexity index is 540. The first kappa shape index (κ1) is 16.9. The number of rotatable bonds is 4. The van der Waals surface area contributed by atoms with Crippen LogP contribution in [0.3, 0.4) is 0 Å². The third-order valence-corrected chi connectivity index (χ3v) is 6.11. The number of ether oxygens (including phenoxy) is 1. The van der Waals surface area contributed by atoms with Gasteiger partial charge in [-0.1, -0.05) is 27.2 Å². The molecule has 0 N–H and O–H groups in total. The van der Waals surface area contributed by atoms with Gasteiger partial charge in [-0.2, -0.15) is 0 Å². The van der Waals surface area contributed by atoms with Crippen LogP contribution in [0, 0.1) is 5.92 Å². The average Bonchev–Trinajstić information content (AvgIpc) is 3.22. The quantitative estimate of drug-likeness (QED) is 0.847. The molecule has 0 aliphatic carbocycles. The highest BCUT2D eigenvalue weighted by atomic mass is 32.1. The molecule has 3 rings (SSSR count). The smallest absolute Gasteiger partial charge is 0.273 e. The van der Waals surface area contributed by atoms with Crippen molar-refractivity contribution in [3.8, 4) is 0 Å². The van der Waals surface area contributed by atoms with E-state index in [2.05, 4.69) is 30.7 Å². The van der Waals surface area contributed by atoms with E-state index in [-0.39, 0.29) is 5.91 Å². The number of nitrogens with zero attached hydrogens (tertiary/aromatic N) is 3. The highest BCUT2D eigenvalue weighted by Gasteiger charge is 2.38. The standard InChI is InChI=1S/C17H27N3O2S/c1-4-13-9-20(10-15(13)19-5-7-22-8-6-19)17(21)14-11-23-16(18-14)12(2)3/h11-13,15H,4-10H2,1-3H3/t13-,15+/m1/s1. The minimum atomic E-state index is 0.0994. The van der Waals surface area contributed by atoms with E-state index in [1.165, 1.54) is 0 Å². The second kappa shape index (κ2) is 7.28. The lowest BCUT2D eigenvalue weighted by Gasteiger charge is -2.34. The summed E-state index contributed by atoms with van der Waals surface area (Å²) >= 11 is 1.59. The number of amides is 1. The van der Waals surface area contributed by atoms with E-state index < -0.39 is 0 Å². The Morgan fingerprint density at radius 1 is 1.39 bits per heavy atom. The predicted molar refractivity (Wildman–Crippen MR) is 92.1 cm³/mol. The van der Waals surface area contributed by atoms with Crippen molar-refractivity contribution in [3.05, 3.63) is 16.1 Å². The number of hydrogen-bond acceptors (Lipinski definition) is 5. The van der Waals surface area contributed by atoms with Gasteiger partial charge in [0.15, 0.2) is 0 Å². The van der Waals surface area contributed by atoms with Crippen LogP contribution < -0.4 is 0 Å². The van der Waals surface area contributed by atoms with E-state index in [0.29, 0.717) is 23.6 Å². The Kier molecular flexibility index (Phi) is 5.34. The minimum absolute atomic E-state index is 0.0994. The van der Waals surface area contributed by atoms with Crippen molar-refractivity contribution >= 4 is 17.2 Å². The molecule has 2 atom stereocenters. The zero-order valence-corrected chi connectivity index (χ0v) is 15.1. The van der Waals surface area contributed by atoms with Crippen LogP contribution in [0.2, 0.25) is 0 Å². The van der Waals surface area contributed by atoms with E-state index in [9.17, 15) is 4.79 Å². The van der Waals surface area contributed by atoms with Crippen LogP contribution in [0.15, 0.2) is 5.38 Å². The Hall–Kier alpha value is -0.980. The SMILES string of the molecule is CC[C@@H]1CN(C(=O)c2csc(C(C)C)n2)C[C@@H]1N1CCOCC1. The first-order chi connectivity index (χ1) is 11.1. The van der Waals surface area contributed by atoms with Gasteiger partial charge in [0.2, 0.25) is 0 Å². The second-order valence-electron chi connectivity index (χ2n) is 6.82. The molecule has 0 spiro atoms. The van der Waals surface area contributed by atoms with Gasteiger partial charge in [-0.3, -0.25) is 9.69 Å². The van der Waals surface area contributed by atoms with Crippen molar-refractivity contribution in [2.24, 2.45) is 5.92 Å². The van der Waals surface area contributed by atoms with Gasteiger partial charge in [0.25, 0.3) is 5.91 Å². The number of thiazole rings is 1. The third kappa shape index (κ3) is 3.59. The van der Waals surface area contributed by atoms with Crippen molar-refractivity contribution in [1.82, 2.24) is 14.8 Å². The zero-order chi connectivity index (χ0) is 16.4. The van der Waals surface area contributed by atoms with Gasteiger partial charge in [-0.15, -0.1) is 11.3 Å². The summed E-state index contributed by atoms with van der Waals surface area (Å²) < 4.78 is 5.47. The third-order valence-electron chi connectivity index (χ3n) is 4.97. The van der Waals surface area contributed by atoms with Crippen LogP contribution in [0.25, 0.3) is 0 Å². The number of aromatic nitrogens is 1. The lowest BCUT2D eigenvalue weighted by molar-refractivity contribution is 0.0102. The van der Waals surface area contributed by atoms with E-state index >= 15 is 0 Å². The number of morpholine rings is 1. The molecule has 0 unspecified atom stereocenters. The van der Waals surface area contributed by atoms with Crippen LogP contribution in [-0.4, -0.2) is 66.1 Å². The molecule has 23 heavy (non-hydrogen) atoms. The van der Waals surface area contributed by atoms with Gasteiger partial charge in [-0.25, -0.2) is 4.98 Å². The maximum Gasteiger partial charge on any atom is 0.273 e.